The average molecular weight is 324 g/mol. The molecule has 1 saturated carbocycles. The van der Waals surface area contributed by atoms with E-state index in [1.807, 2.05) is 0 Å². The van der Waals surface area contributed by atoms with E-state index in [0.29, 0.717) is 5.56 Å². The third-order valence-corrected chi connectivity index (χ3v) is 4.93. The van der Waals surface area contributed by atoms with Gasteiger partial charge in [-0.15, -0.1) is 0 Å². The molecule has 0 radical (unpaired) electrons. The Hall–Kier alpha value is -1.25. The maximum absolute atomic E-state index is 13.3. The van der Waals surface area contributed by atoms with Crippen molar-refractivity contribution < 1.29 is 13.2 Å². The van der Waals surface area contributed by atoms with E-state index in [-0.39, 0.29) is 5.92 Å². The molecule has 0 spiro atoms. The molecule has 0 saturated heterocycles. The number of halogens is 3. The van der Waals surface area contributed by atoms with E-state index in [0.717, 1.165) is 44.4 Å². The topological polar surface area (TPSA) is 0 Å². The largest absolute Gasteiger partial charge is 0.204 e. The monoisotopic (exact) mass is 324 g/mol. The summed E-state index contributed by atoms with van der Waals surface area (Å²) in [6.45, 7) is 2.18. The second kappa shape index (κ2) is 9.14. The Kier molecular flexibility index (Phi) is 7.19. The SMILES string of the molecule is CCC/C=C/CCCC1CCC(c2cc(F)c(F)c(F)c2)CC1. The third kappa shape index (κ3) is 5.40. The second-order valence-corrected chi connectivity index (χ2v) is 6.71. The fourth-order valence-electron chi connectivity index (χ4n) is 3.52. The van der Waals surface area contributed by atoms with E-state index in [2.05, 4.69) is 19.1 Å². The molecule has 2 rings (SSSR count). The van der Waals surface area contributed by atoms with E-state index >= 15 is 0 Å². The summed E-state index contributed by atoms with van der Waals surface area (Å²) in [6.07, 6.45) is 14.6. The lowest BCUT2D eigenvalue weighted by atomic mass is 9.77. The molecule has 3 heteroatoms. The summed E-state index contributed by atoms with van der Waals surface area (Å²) in [5, 5.41) is 0. The zero-order valence-electron chi connectivity index (χ0n) is 14.0. The van der Waals surface area contributed by atoms with Gasteiger partial charge < -0.3 is 0 Å². The molecule has 0 aromatic heterocycles. The van der Waals surface area contributed by atoms with Crippen LogP contribution in [0.5, 0.6) is 0 Å². The average Bonchev–Trinajstić information content (AvgIpc) is 2.56. The van der Waals surface area contributed by atoms with Crippen molar-refractivity contribution in [3.8, 4) is 0 Å². The first kappa shape index (κ1) is 18.1. The highest BCUT2D eigenvalue weighted by molar-refractivity contribution is 5.23. The zero-order chi connectivity index (χ0) is 16.7. The van der Waals surface area contributed by atoms with Crippen molar-refractivity contribution in [2.45, 2.75) is 70.6 Å². The van der Waals surface area contributed by atoms with E-state index in [4.69, 9.17) is 0 Å². The lowest BCUT2D eigenvalue weighted by molar-refractivity contribution is 0.304. The molecule has 1 aromatic carbocycles. The van der Waals surface area contributed by atoms with Gasteiger partial charge in [-0.05, 0) is 74.5 Å². The van der Waals surface area contributed by atoms with Gasteiger partial charge in [-0.1, -0.05) is 31.9 Å². The molecule has 0 heterocycles. The lowest BCUT2D eigenvalue weighted by Crippen LogP contribution is -2.14. The van der Waals surface area contributed by atoms with Crippen molar-refractivity contribution in [2.75, 3.05) is 0 Å². The lowest BCUT2D eigenvalue weighted by Gasteiger charge is -2.29. The van der Waals surface area contributed by atoms with Gasteiger partial charge in [-0.3, -0.25) is 0 Å². The first-order chi connectivity index (χ1) is 11.1. The summed E-state index contributed by atoms with van der Waals surface area (Å²) in [4.78, 5) is 0. The van der Waals surface area contributed by atoms with Crippen LogP contribution in [-0.4, -0.2) is 0 Å². The van der Waals surface area contributed by atoms with Crippen molar-refractivity contribution in [2.24, 2.45) is 5.92 Å². The Morgan fingerprint density at radius 2 is 1.57 bits per heavy atom. The molecule has 1 aliphatic carbocycles. The number of unbranched alkanes of at least 4 members (excludes halogenated alkanes) is 2. The molecule has 0 unspecified atom stereocenters. The summed E-state index contributed by atoms with van der Waals surface area (Å²) >= 11 is 0. The normalized spacial score (nSPS) is 21.9. The van der Waals surface area contributed by atoms with Crippen molar-refractivity contribution in [1.29, 1.82) is 0 Å². The summed E-state index contributed by atoms with van der Waals surface area (Å²) < 4.78 is 39.7. The molecular formula is C20H27F3. The maximum atomic E-state index is 13.3. The molecule has 1 fully saturated rings. The van der Waals surface area contributed by atoms with Gasteiger partial charge in [0.15, 0.2) is 17.5 Å². The van der Waals surface area contributed by atoms with Crippen LogP contribution in [0.15, 0.2) is 24.3 Å². The minimum absolute atomic E-state index is 0.167. The molecule has 0 aliphatic heterocycles. The van der Waals surface area contributed by atoms with Crippen LogP contribution in [0.2, 0.25) is 0 Å². The van der Waals surface area contributed by atoms with E-state index in [1.165, 1.54) is 31.4 Å². The quantitative estimate of drug-likeness (QED) is 0.290. The number of hydrogen-bond acceptors (Lipinski definition) is 0. The van der Waals surface area contributed by atoms with Gasteiger partial charge in [0.25, 0.3) is 0 Å². The number of hydrogen-bond donors (Lipinski definition) is 0. The van der Waals surface area contributed by atoms with Gasteiger partial charge in [-0.25, -0.2) is 13.2 Å². The van der Waals surface area contributed by atoms with Gasteiger partial charge in [-0.2, -0.15) is 0 Å². The van der Waals surface area contributed by atoms with Gasteiger partial charge >= 0.3 is 0 Å². The summed E-state index contributed by atoms with van der Waals surface area (Å²) in [5.41, 5.74) is 0.613. The molecule has 0 atom stereocenters. The number of allylic oxidation sites excluding steroid dienone is 2. The van der Waals surface area contributed by atoms with Crippen molar-refractivity contribution >= 4 is 0 Å². The Morgan fingerprint density at radius 1 is 0.957 bits per heavy atom. The minimum atomic E-state index is -1.36. The summed E-state index contributed by atoms with van der Waals surface area (Å²) in [6, 6.07) is 2.34. The molecule has 0 amide bonds. The molecule has 23 heavy (non-hydrogen) atoms. The van der Waals surface area contributed by atoms with Crippen molar-refractivity contribution in [3.63, 3.8) is 0 Å². The van der Waals surface area contributed by atoms with Gasteiger partial charge in [0.05, 0.1) is 0 Å². The van der Waals surface area contributed by atoms with E-state index in [1.54, 1.807) is 0 Å². The van der Waals surface area contributed by atoms with Gasteiger partial charge in [0.1, 0.15) is 0 Å². The third-order valence-electron chi connectivity index (χ3n) is 4.93. The first-order valence-corrected chi connectivity index (χ1v) is 8.91. The minimum Gasteiger partial charge on any atom is -0.204 e. The number of benzene rings is 1. The Morgan fingerprint density at radius 3 is 2.17 bits per heavy atom. The smallest absolute Gasteiger partial charge is 0.194 e. The molecular weight excluding hydrogens is 297 g/mol. The van der Waals surface area contributed by atoms with Crippen molar-refractivity contribution in [1.82, 2.24) is 0 Å². The molecule has 1 aromatic rings. The molecule has 1 aliphatic rings. The highest BCUT2D eigenvalue weighted by atomic mass is 19.2. The fraction of sp³-hybridized carbons (Fsp3) is 0.600. The van der Waals surface area contributed by atoms with Crippen LogP contribution in [0.1, 0.15) is 76.2 Å². The summed E-state index contributed by atoms with van der Waals surface area (Å²) in [7, 11) is 0. The molecule has 128 valence electrons. The Bertz CT molecular complexity index is 491. The predicted octanol–water partition coefficient (Wildman–Crippen LogP) is 6.90. The van der Waals surface area contributed by atoms with Crippen LogP contribution in [0, 0.1) is 23.4 Å². The standard InChI is InChI=1S/C20H27F3/c1-2-3-4-5-6-7-8-15-9-11-16(12-10-15)17-13-18(21)20(23)19(22)14-17/h4-5,13-16H,2-3,6-12H2,1H3/b5-4+. The highest BCUT2D eigenvalue weighted by Crippen LogP contribution is 2.38. The maximum Gasteiger partial charge on any atom is 0.194 e. The fourth-order valence-corrected chi connectivity index (χ4v) is 3.52. The molecule has 0 nitrogen and oxygen atoms in total. The van der Waals surface area contributed by atoms with Crippen molar-refractivity contribution in [3.05, 3.63) is 47.3 Å². The van der Waals surface area contributed by atoms with Crippen LogP contribution in [0.3, 0.4) is 0 Å². The first-order valence-electron chi connectivity index (χ1n) is 8.91. The van der Waals surface area contributed by atoms with Crippen LogP contribution >= 0.6 is 0 Å². The van der Waals surface area contributed by atoms with Crippen LogP contribution in [-0.2, 0) is 0 Å². The molecule has 0 N–H and O–H groups in total. The predicted molar refractivity (Wildman–Crippen MR) is 88.9 cm³/mol. The summed E-state index contributed by atoms with van der Waals surface area (Å²) in [5.74, 6) is -2.61. The highest BCUT2D eigenvalue weighted by Gasteiger charge is 2.24. The van der Waals surface area contributed by atoms with Gasteiger partial charge in [0, 0.05) is 0 Å². The number of rotatable bonds is 7. The van der Waals surface area contributed by atoms with E-state index in [9.17, 15) is 13.2 Å². The second-order valence-electron chi connectivity index (χ2n) is 6.71. The van der Waals surface area contributed by atoms with E-state index < -0.39 is 17.5 Å². The van der Waals surface area contributed by atoms with Gasteiger partial charge in [0.2, 0.25) is 0 Å². The zero-order valence-corrected chi connectivity index (χ0v) is 14.0. The molecule has 0 bridgehead atoms. The Labute approximate surface area is 137 Å². The van der Waals surface area contributed by atoms with Crippen LogP contribution in [0.4, 0.5) is 13.2 Å². The Balaban J connectivity index is 1.76. The van der Waals surface area contributed by atoms with Crippen LogP contribution in [0.25, 0.3) is 0 Å². The van der Waals surface area contributed by atoms with Crippen LogP contribution < -0.4 is 0 Å².